The number of amides is 1. The van der Waals surface area contributed by atoms with Gasteiger partial charge in [0.05, 0.1) is 0 Å². The van der Waals surface area contributed by atoms with Crippen molar-refractivity contribution in [1.29, 1.82) is 0 Å². The fourth-order valence-electron chi connectivity index (χ4n) is 1.49. The summed E-state index contributed by atoms with van der Waals surface area (Å²) in [6, 6.07) is 10.9. The lowest BCUT2D eigenvalue weighted by Crippen LogP contribution is -2.23. The van der Waals surface area contributed by atoms with Crippen LogP contribution in [0.4, 0.5) is 10.5 Å². The molecule has 0 saturated carbocycles. The van der Waals surface area contributed by atoms with Crippen LogP contribution in [0.5, 0.6) is 0 Å². The van der Waals surface area contributed by atoms with Gasteiger partial charge in [-0.25, -0.2) is 4.79 Å². The van der Waals surface area contributed by atoms with E-state index in [1.807, 2.05) is 18.2 Å². The Hall–Kier alpha value is -2.56. The number of nitrogens with one attached hydrogen (secondary N) is 1. The Labute approximate surface area is 111 Å². The summed E-state index contributed by atoms with van der Waals surface area (Å²) in [5.41, 5.74) is 8.09. The molecule has 3 N–H and O–H groups in total. The van der Waals surface area contributed by atoms with Gasteiger partial charge in [-0.2, -0.15) is 0 Å². The van der Waals surface area contributed by atoms with E-state index in [4.69, 9.17) is 10.5 Å². The van der Waals surface area contributed by atoms with E-state index in [-0.39, 0.29) is 6.61 Å². The van der Waals surface area contributed by atoms with Crippen LogP contribution in [0.25, 0.3) is 0 Å². The Bertz CT molecular complexity index is 526. The highest BCUT2D eigenvalue weighted by Gasteiger charge is 2.02. The van der Waals surface area contributed by atoms with E-state index in [2.05, 4.69) is 10.3 Å². The molecule has 1 amide bonds. The number of pyridine rings is 1. The smallest absolute Gasteiger partial charge is 0.407 e. The lowest BCUT2D eigenvalue weighted by atomic mass is 10.2. The summed E-state index contributed by atoms with van der Waals surface area (Å²) >= 11 is 0. The maximum Gasteiger partial charge on any atom is 0.407 e. The van der Waals surface area contributed by atoms with Crippen molar-refractivity contribution in [2.75, 3.05) is 5.73 Å². The zero-order chi connectivity index (χ0) is 13.5. The first kappa shape index (κ1) is 12.9. The number of carbonyl (C=O) groups is 1. The molecule has 0 spiro atoms. The third-order valence-corrected chi connectivity index (χ3v) is 2.51. The number of anilines is 1. The van der Waals surface area contributed by atoms with E-state index in [1.54, 1.807) is 30.6 Å². The largest absolute Gasteiger partial charge is 0.445 e. The quantitative estimate of drug-likeness (QED) is 0.822. The number of rotatable bonds is 4. The number of carbonyl (C=O) groups excluding carboxylic acids is 1. The van der Waals surface area contributed by atoms with E-state index in [0.717, 1.165) is 11.1 Å². The Kier molecular flexibility index (Phi) is 4.34. The van der Waals surface area contributed by atoms with Crippen molar-refractivity contribution in [3.8, 4) is 0 Å². The summed E-state index contributed by atoms with van der Waals surface area (Å²) < 4.78 is 5.06. The van der Waals surface area contributed by atoms with Crippen molar-refractivity contribution in [2.24, 2.45) is 0 Å². The number of hydrogen-bond acceptors (Lipinski definition) is 4. The van der Waals surface area contributed by atoms with Gasteiger partial charge in [-0.15, -0.1) is 0 Å². The molecule has 0 saturated heterocycles. The molecular formula is C14H15N3O2. The average molecular weight is 257 g/mol. The molecule has 0 aliphatic rings. The van der Waals surface area contributed by atoms with Gasteiger partial charge in [0, 0.05) is 30.2 Å². The lowest BCUT2D eigenvalue weighted by molar-refractivity contribution is 0.139. The molecule has 19 heavy (non-hydrogen) atoms. The van der Waals surface area contributed by atoms with E-state index < -0.39 is 6.09 Å². The summed E-state index contributed by atoms with van der Waals surface area (Å²) in [6.45, 7) is 0.619. The van der Waals surface area contributed by atoms with Crippen molar-refractivity contribution in [3.63, 3.8) is 0 Å². The minimum atomic E-state index is -0.458. The predicted molar refractivity (Wildman–Crippen MR) is 72.1 cm³/mol. The zero-order valence-corrected chi connectivity index (χ0v) is 10.4. The van der Waals surface area contributed by atoms with Crippen LogP contribution < -0.4 is 11.1 Å². The second kappa shape index (κ2) is 6.39. The number of nitrogens with zero attached hydrogens (tertiary/aromatic N) is 1. The summed E-state index contributed by atoms with van der Waals surface area (Å²) in [5.74, 6) is 0. The predicted octanol–water partition coefficient (Wildman–Crippen LogP) is 2.09. The van der Waals surface area contributed by atoms with Crippen molar-refractivity contribution < 1.29 is 9.53 Å². The third-order valence-electron chi connectivity index (χ3n) is 2.51. The minimum Gasteiger partial charge on any atom is -0.445 e. The highest BCUT2D eigenvalue weighted by atomic mass is 16.5. The molecule has 5 heteroatoms. The molecule has 1 heterocycles. The number of hydrogen-bond donors (Lipinski definition) is 2. The fourth-order valence-corrected chi connectivity index (χ4v) is 1.49. The van der Waals surface area contributed by atoms with E-state index in [9.17, 15) is 4.79 Å². The molecule has 0 aliphatic heterocycles. The van der Waals surface area contributed by atoms with Gasteiger partial charge in [-0.05, 0) is 23.8 Å². The number of nitrogens with two attached hydrogens (primary N) is 1. The van der Waals surface area contributed by atoms with Gasteiger partial charge in [-0.1, -0.05) is 18.2 Å². The van der Waals surface area contributed by atoms with Crippen LogP contribution in [0.1, 0.15) is 11.1 Å². The van der Waals surface area contributed by atoms with E-state index in [0.29, 0.717) is 12.2 Å². The van der Waals surface area contributed by atoms with Gasteiger partial charge < -0.3 is 15.8 Å². The molecule has 2 aromatic rings. The molecule has 0 atom stereocenters. The Morgan fingerprint density at radius 3 is 2.68 bits per heavy atom. The molecule has 1 aromatic carbocycles. The summed E-state index contributed by atoms with van der Waals surface area (Å²) in [7, 11) is 0. The molecular weight excluding hydrogens is 242 g/mol. The van der Waals surface area contributed by atoms with Crippen molar-refractivity contribution in [1.82, 2.24) is 10.3 Å². The number of benzene rings is 1. The number of ether oxygens (including phenoxy) is 1. The Morgan fingerprint density at radius 1 is 1.21 bits per heavy atom. The first-order chi connectivity index (χ1) is 9.24. The van der Waals surface area contributed by atoms with E-state index >= 15 is 0 Å². The third kappa shape index (κ3) is 4.31. The van der Waals surface area contributed by atoms with Crippen molar-refractivity contribution in [3.05, 3.63) is 59.9 Å². The van der Waals surface area contributed by atoms with Crippen LogP contribution >= 0.6 is 0 Å². The molecule has 5 nitrogen and oxygen atoms in total. The van der Waals surface area contributed by atoms with Crippen LogP contribution in [-0.4, -0.2) is 11.1 Å². The van der Waals surface area contributed by atoms with Gasteiger partial charge in [0.15, 0.2) is 0 Å². The van der Waals surface area contributed by atoms with Gasteiger partial charge >= 0.3 is 6.09 Å². The fraction of sp³-hybridized carbons (Fsp3) is 0.143. The molecule has 2 rings (SSSR count). The summed E-state index contributed by atoms with van der Waals surface area (Å²) in [6.07, 6.45) is 2.87. The number of aromatic nitrogens is 1. The maximum absolute atomic E-state index is 11.5. The van der Waals surface area contributed by atoms with Crippen molar-refractivity contribution >= 4 is 11.8 Å². The molecule has 0 unspecified atom stereocenters. The molecule has 0 aliphatic carbocycles. The summed E-state index contributed by atoms with van der Waals surface area (Å²) in [5, 5.41) is 2.67. The molecule has 0 radical (unpaired) electrons. The maximum atomic E-state index is 11.5. The first-order valence-electron chi connectivity index (χ1n) is 5.88. The topological polar surface area (TPSA) is 77.2 Å². The second-order valence-electron chi connectivity index (χ2n) is 4.03. The minimum absolute atomic E-state index is 0.210. The van der Waals surface area contributed by atoms with Crippen molar-refractivity contribution in [2.45, 2.75) is 13.2 Å². The van der Waals surface area contributed by atoms with Gasteiger partial charge in [0.25, 0.3) is 0 Å². The first-order valence-corrected chi connectivity index (χ1v) is 5.88. The average Bonchev–Trinajstić information content (AvgIpc) is 2.45. The van der Waals surface area contributed by atoms with Crippen LogP contribution in [0.3, 0.4) is 0 Å². The van der Waals surface area contributed by atoms with Crippen LogP contribution in [0, 0.1) is 0 Å². The zero-order valence-electron chi connectivity index (χ0n) is 10.4. The lowest BCUT2D eigenvalue weighted by Gasteiger charge is -2.07. The number of nitrogen functional groups attached to an aromatic ring is 1. The molecule has 0 bridgehead atoms. The highest BCUT2D eigenvalue weighted by Crippen LogP contribution is 2.05. The monoisotopic (exact) mass is 257 g/mol. The molecule has 0 fully saturated rings. The number of alkyl carbamates (subject to hydrolysis) is 1. The standard InChI is InChI=1S/C14H15N3O2/c15-13-5-3-11(4-6-13)9-17-14(18)19-10-12-2-1-7-16-8-12/h1-8H,9-10,15H2,(H,17,18). The highest BCUT2D eigenvalue weighted by molar-refractivity contribution is 5.67. The van der Waals surface area contributed by atoms with Crippen LogP contribution in [0.15, 0.2) is 48.8 Å². The molecule has 1 aromatic heterocycles. The van der Waals surface area contributed by atoms with E-state index in [1.165, 1.54) is 0 Å². The Morgan fingerprint density at radius 2 is 2.00 bits per heavy atom. The van der Waals surface area contributed by atoms with Gasteiger partial charge in [-0.3, -0.25) is 4.98 Å². The second-order valence-corrected chi connectivity index (χ2v) is 4.03. The molecule has 98 valence electrons. The SMILES string of the molecule is Nc1ccc(CNC(=O)OCc2cccnc2)cc1. The Balaban J connectivity index is 1.74. The van der Waals surface area contributed by atoms with Gasteiger partial charge in [0.2, 0.25) is 0 Å². The summed E-state index contributed by atoms with van der Waals surface area (Å²) in [4.78, 5) is 15.4. The van der Waals surface area contributed by atoms with Crippen LogP contribution in [0.2, 0.25) is 0 Å². The van der Waals surface area contributed by atoms with Crippen LogP contribution in [-0.2, 0) is 17.9 Å². The normalized spacial score (nSPS) is 9.89. The van der Waals surface area contributed by atoms with Gasteiger partial charge in [0.1, 0.15) is 6.61 Å².